The van der Waals surface area contributed by atoms with Gasteiger partial charge in [-0.3, -0.25) is 4.90 Å². The molecule has 2 aromatic rings. The molecule has 1 aliphatic carbocycles. The van der Waals surface area contributed by atoms with E-state index in [2.05, 4.69) is 50.7 Å². The first-order valence-corrected chi connectivity index (χ1v) is 11.8. The molecule has 0 radical (unpaired) electrons. The fourth-order valence-electron chi connectivity index (χ4n) is 3.78. The van der Waals surface area contributed by atoms with E-state index < -0.39 is 0 Å². The number of thioether (sulfide) groups is 1. The maximum Gasteiger partial charge on any atom is 0.206 e. The van der Waals surface area contributed by atoms with Crippen LogP contribution in [0.2, 0.25) is 0 Å². The van der Waals surface area contributed by atoms with Crippen molar-refractivity contribution in [3.8, 4) is 0 Å². The van der Waals surface area contributed by atoms with Gasteiger partial charge in [-0.25, -0.2) is 0 Å². The van der Waals surface area contributed by atoms with Crippen LogP contribution in [0, 0.1) is 0 Å². The van der Waals surface area contributed by atoms with Crippen molar-refractivity contribution in [1.82, 2.24) is 15.1 Å². The minimum Gasteiger partial charge on any atom is -0.375 e. The van der Waals surface area contributed by atoms with Gasteiger partial charge in [0.25, 0.3) is 0 Å². The van der Waals surface area contributed by atoms with Crippen molar-refractivity contribution >= 4 is 28.2 Å². The molecule has 2 fully saturated rings. The molecule has 1 saturated carbocycles. The van der Waals surface area contributed by atoms with E-state index in [-0.39, 0.29) is 6.10 Å². The molecule has 27 heavy (non-hydrogen) atoms. The van der Waals surface area contributed by atoms with Gasteiger partial charge in [-0.1, -0.05) is 72.7 Å². The summed E-state index contributed by atoms with van der Waals surface area (Å²) in [6.07, 6.45) is 6.81. The second-order valence-corrected chi connectivity index (χ2v) is 9.62. The first kappa shape index (κ1) is 19.2. The number of rotatable bonds is 7. The van der Waals surface area contributed by atoms with Crippen molar-refractivity contribution in [2.24, 2.45) is 0 Å². The number of nitrogens with one attached hydrogen (secondary N) is 1. The number of hydrogen-bond donors (Lipinski definition) is 1. The molecular formula is C20H28N4OS2. The molecule has 2 aliphatic rings. The third-order valence-corrected chi connectivity index (χ3v) is 7.32. The van der Waals surface area contributed by atoms with E-state index >= 15 is 0 Å². The molecular weight excluding hydrogens is 376 g/mol. The fourth-order valence-corrected chi connectivity index (χ4v) is 5.64. The van der Waals surface area contributed by atoms with Crippen molar-refractivity contribution in [3.05, 3.63) is 35.9 Å². The first-order chi connectivity index (χ1) is 13.3. The zero-order valence-electron chi connectivity index (χ0n) is 15.7. The smallest absolute Gasteiger partial charge is 0.206 e. The van der Waals surface area contributed by atoms with Gasteiger partial charge in [0.15, 0.2) is 4.34 Å². The van der Waals surface area contributed by atoms with Gasteiger partial charge in [-0.05, 0) is 18.4 Å². The Hall–Kier alpha value is -1.15. The lowest BCUT2D eigenvalue weighted by Crippen LogP contribution is -2.43. The summed E-state index contributed by atoms with van der Waals surface area (Å²) in [5.74, 6) is 0.934. The number of morpholine rings is 1. The molecule has 1 atom stereocenters. The highest BCUT2D eigenvalue weighted by atomic mass is 32.2. The highest BCUT2D eigenvalue weighted by Crippen LogP contribution is 2.29. The van der Waals surface area contributed by atoms with Crippen LogP contribution in [0.15, 0.2) is 34.7 Å². The van der Waals surface area contributed by atoms with Gasteiger partial charge >= 0.3 is 0 Å². The third kappa shape index (κ3) is 5.91. The summed E-state index contributed by atoms with van der Waals surface area (Å²) in [4.78, 5) is 2.49. The average Bonchev–Trinajstić information content (AvgIpc) is 3.16. The number of aromatic nitrogens is 2. The lowest BCUT2D eigenvalue weighted by Gasteiger charge is -2.32. The van der Waals surface area contributed by atoms with E-state index in [0.717, 1.165) is 41.5 Å². The number of anilines is 1. The van der Waals surface area contributed by atoms with Crippen molar-refractivity contribution < 1.29 is 4.74 Å². The summed E-state index contributed by atoms with van der Waals surface area (Å²) in [5, 5.41) is 13.2. The van der Waals surface area contributed by atoms with Crippen LogP contribution in [0.1, 0.15) is 37.7 Å². The van der Waals surface area contributed by atoms with E-state index in [1.807, 2.05) is 0 Å². The molecule has 1 N–H and O–H groups in total. The number of benzene rings is 1. The number of ether oxygens (including phenoxy) is 1. The zero-order chi connectivity index (χ0) is 18.3. The molecule has 146 valence electrons. The molecule has 0 spiro atoms. The number of nitrogens with zero attached hydrogens (tertiary/aromatic N) is 3. The minimum atomic E-state index is 0.256. The van der Waals surface area contributed by atoms with Crippen LogP contribution in [-0.2, 0) is 11.3 Å². The van der Waals surface area contributed by atoms with Gasteiger partial charge in [0.1, 0.15) is 0 Å². The summed E-state index contributed by atoms with van der Waals surface area (Å²) in [5.41, 5.74) is 1.37. The normalized spacial score (nSPS) is 22.0. The number of hydrogen-bond acceptors (Lipinski definition) is 7. The third-order valence-electron chi connectivity index (χ3n) is 5.20. The summed E-state index contributed by atoms with van der Waals surface area (Å²) in [6, 6.07) is 11.3. The topological polar surface area (TPSA) is 50.3 Å². The Balaban J connectivity index is 1.22. The molecule has 4 rings (SSSR count). The Morgan fingerprint density at radius 3 is 2.85 bits per heavy atom. The lowest BCUT2D eigenvalue weighted by molar-refractivity contribution is -0.0187. The van der Waals surface area contributed by atoms with Gasteiger partial charge in [0.05, 0.1) is 12.7 Å². The van der Waals surface area contributed by atoms with E-state index in [1.54, 1.807) is 23.1 Å². The monoisotopic (exact) mass is 404 g/mol. The highest BCUT2D eigenvalue weighted by Gasteiger charge is 2.22. The summed E-state index contributed by atoms with van der Waals surface area (Å²) >= 11 is 3.45. The fraction of sp³-hybridized carbons (Fsp3) is 0.600. The average molecular weight is 405 g/mol. The van der Waals surface area contributed by atoms with Gasteiger partial charge in [0, 0.05) is 31.4 Å². The van der Waals surface area contributed by atoms with Crippen LogP contribution >= 0.6 is 23.1 Å². The standard InChI is InChI=1S/C20H28N4OS2/c1-3-7-16(8-4-1)13-24-11-12-25-18(14-24)15-26-20-23-22-19(27-20)21-17-9-5-2-6-10-17/h1,3-4,7-8,17-18H,2,5-6,9-15H2,(H,21,22). The van der Waals surface area contributed by atoms with Gasteiger partial charge in [-0.15, -0.1) is 10.2 Å². The van der Waals surface area contributed by atoms with Crippen LogP contribution in [0.25, 0.3) is 0 Å². The Labute approximate surface area is 169 Å². The van der Waals surface area contributed by atoms with Crippen LogP contribution in [0.4, 0.5) is 5.13 Å². The van der Waals surface area contributed by atoms with Crippen molar-refractivity contribution in [2.45, 2.75) is 55.1 Å². The highest BCUT2D eigenvalue weighted by molar-refractivity contribution is 8.01. The second kappa shape index (κ2) is 9.87. The van der Waals surface area contributed by atoms with E-state index in [4.69, 9.17) is 4.74 Å². The van der Waals surface area contributed by atoms with Gasteiger partial charge < -0.3 is 10.1 Å². The van der Waals surface area contributed by atoms with Crippen molar-refractivity contribution in [1.29, 1.82) is 0 Å². The Morgan fingerprint density at radius 2 is 2.00 bits per heavy atom. The molecule has 7 heteroatoms. The Bertz CT molecular complexity index is 690. The quantitative estimate of drug-likeness (QED) is 0.695. The molecule has 1 saturated heterocycles. The first-order valence-electron chi connectivity index (χ1n) is 9.96. The Morgan fingerprint density at radius 1 is 1.15 bits per heavy atom. The molecule has 1 aliphatic heterocycles. The van der Waals surface area contributed by atoms with Gasteiger partial charge in [0.2, 0.25) is 5.13 Å². The zero-order valence-corrected chi connectivity index (χ0v) is 17.3. The molecule has 1 aromatic heterocycles. The SMILES string of the molecule is c1ccc(CN2CCOC(CSc3nnc(NC4CCCCC4)s3)C2)cc1. The molecule has 0 amide bonds. The van der Waals surface area contributed by atoms with E-state index in [9.17, 15) is 0 Å². The second-order valence-electron chi connectivity index (χ2n) is 7.38. The van der Waals surface area contributed by atoms with Crippen LogP contribution in [-0.4, -0.2) is 52.7 Å². The summed E-state index contributed by atoms with van der Waals surface area (Å²) in [7, 11) is 0. The molecule has 5 nitrogen and oxygen atoms in total. The predicted molar refractivity (Wildman–Crippen MR) is 113 cm³/mol. The van der Waals surface area contributed by atoms with Gasteiger partial charge in [-0.2, -0.15) is 0 Å². The van der Waals surface area contributed by atoms with Crippen LogP contribution in [0.5, 0.6) is 0 Å². The van der Waals surface area contributed by atoms with Crippen LogP contribution in [0.3, 0.4) is 0 Å². The molecule has 1 unspecified atom stereocenters. The van der Waals surface area contributed by atoms with Crippen molar-refractivity contribution in [2.75, 3.05) is 30.8 Å². The molecule has 2 heterocycles. The van der Waals surface area contributed by atoms with E-state index in [0.29, 0.717) is 6.04 Å². The maximum atomic E-state index is 5.97. The predicted octanol–water partition coefficient (Wildman–Crippen LogP) is 4.28. The molecule has 1 aromatic carbocycles. The maximum absolute atomic E-state index is 5.97. The van der Waals surface area contributed by atoms with Crippen LogP contribution < -0.4 is 5.32 Å². The summed E-state index contributed by atoms with van der Waals surface area (Å²) < 4.78 is 7.01. The largest absolute Gasteiger partial charge is 0.375 e. The Kier molecular flexibility index (Phi) is 7.01. The molecule has 0 bridgehead atoms. The minimum absolute atomic E-state index is 0.256. The van der Waals surface area contributed by atoms with E-state index in [1.165, 1.54) is 37.7 Å². The summed E-state index contributed by atoms with van der Waals surface area (Å²) in [6.45, 7) is 3.79. The van der Waals surface area contributed by atoms with Crippen molar-refractivity contribution in [3.63, 3.8) is 0 Å². The lowest BCUT2D eigenvalue weighted by atomic mass is 9.96.